The first-order valence-electron chi connectivity index (χ1n) is 6.11. The summed E-state index contributed by atoms with van der Waals surface area (Å²) in [7, 11) is -1.75. The number of benzene rings is 1. The summed E-state index contributed by atoms with van der Waals surface area (Å²) in [5, 5.41) is 2.09. The van der Waals surface area contributed by atoms with E-state index in [4.69, 9.17) is 0 Å². The zero-order chi connectivity index (χ0) is 14.6. The smallest absolute Gasteiger partial charge is 0.235 e. The molecule has 1 unspecified atom stereocenters. The lowest BCUT2D eigenvalue weighted by Gasteiger charge is -2.13. The predicted molar refractivity (Wildman–Crippen MR) is 76.6 cm³/mol. The maximum atomic E-state index is 11.7. The van der Waals surface area contributed by atoms with Crippen LogP contribution in [0.2, 0.25) is 0 Å². The molecule has 6 heteroatoms. The standard InChI is InChI=1S/C13H20N2O3S/c1-9(2)19(17,18)15-12-7-5-11(6-8-12)10(3)13(16)14-4/h5-10,15H,1-4H3,(H,14,16). The van der Waals surface area contributed by atoms with Crippen LogP contribution in [0.25, 0.3) is 0 Å². The molecular formula is C13H20N2O3S. The average Bonchev–Trinajstić information content (AvgIpc) is 2.37. The fraction of sp³-hybridized carbons (Fsp3) is 0.462. The Morgan fingerprint density at radius 3 is 2.05 bits per heavy atom. The first-order chi connectivity index (χ1) is 8.77. The van der Waals surface area contributed by atoms with E-state index < -0.39 is 15.3 Å². The third-order valence-electron chi connectivity index (χ3n) is 2.93. The summed E-state index contributed by atoms with van der Waals surface area (Å²) in [6.07, 6.45) is 0. The first kappa shape index (κ1) is 15.5. The molecule has 1 atom stereocenters. The van der Waals surface area contributed by atoms with E-state index in [1.165, 1.54) is 0 Å². The zero-order valence-corrected chi connectivity index (χ0v) is 12.4. The molecule has 1 aromatic carbocycles. The Morgan fingerprint density at radius 2 is 1.63 bits per heavy atom. The molecule has 0 aliphatic heterocycles. The van der Waals surface area contributed by atoms with Crippen molar-refractivity contribution < 1.29 is 13.2 Å². The molecule has 106 valence electrons. The van der Waals surface area contributed by atoms with Crippen LogP contribution in [0.4, 0.5) is 5.69 Å². The lowest BCUT2D eigenvalue weighted by Crippen LogP contribution is -2.24. The molecule has 0 aromatic heterocycles. The third kappa shape index (κ3) is 3.96. The van der Waals surface area contributed by atoms with Crippen molar-refractivity contribution in [3.05, 3.63) is 29.8 Å². The van der Waals surface area contributed by atoms with Crippen LogP contribution in [-0.2, 0) is 14.8 Å². The highest BCUT2D eigenvalue weighted by molar-refractivity contribution is 7.93. The molecule has 0 saturated carbocycles. The number of amides is 1. The van der Waals surface area contributed by atoms with E-state index in [1.54, 1.807) is 52.1 Å². The highest BCUT2D eigenvalue weighted by Crippen LogP contribution is 2.19. The molecule has 0 spiro atoms. The number of hydrogen-bond donors (Lipinski definition) is 2. The molecule has 0 aliphatic carbocycles. The number of likely N-dealkylation sites (N-methyl/N-ethyl adjacent to an activating group) is 1. The van der Waals surface area contributed by atoms with Crippen molar-refractivity contribution in [2.24, 2.45) is 0 Å². The van der Waals surface area contributed by atoms with Gasteiger partial charge >= 0.3 is 0 Å². The molecule has 2 N–H and O–H groups in total. The number of sulfonamides is 1. The fourth-order valence-corrected chi connectivity index (χ4v) is 2.19. The Bertz CT molecular complexity index is 536. The molecule has 1 aromatic rings. The summed E-state index contributed by atoms with van der Waals surface area (Å²) in [5.41, 5.74) is 1.34. The van der Waals surface area contributed by atoms with Gasteiger partial charge in [0.25, 0.3) is 0 Å². The van der Waals surface area contributed by atoms with Crippen LogP contribution in [0, 0.1) is 0 Å². The second-order valence-electron chi connectivity index (χ2n) is 4.65. The average molecular weight is 284 g/mol. The van der Waals surface area contributed by atoms with Crippen LogP contribution in [0.5, 0.6) is 0 Å². The summed E-state index contributed by atoms with van der Waals surface area (Å²) >= 11 is 0. The highest BCUT2D eigenvalue weighted by Gasteiger charge is 2.16. The van der Waals surface area contributed by atoms with E-state index in [1.807, 2.05) is 0 Å². The molecule has 19 heavy (non-hydrogen) atoms. The predicted octanol–water partition coefficient (Wildman–Crippen LogP) is 1.69. The largest absolute Gasteiger partial charge is 0.359 e. The lowest BCUT2D eigenvalue weighted by atomic mass is 10.0. The second kappa shape index (κ2) is 6.06. The highest BCUT2D eigenvalue weighted by atomic mass is 32.2. The van der Waals surface area contributed by atoms with Gasteiger partial charge in [0.1, 0.15) is 0 Å². The summed E-state index contributed by atoms with van der Waals surface area (Å²) in [5.74, 6) is -0.337. The first-order valence-corrected chi connectivity index (χ1v) is 7.65. The van der Waals surface area contributed by atoms with Crippen molar-refractivity contribution in [3.63, 3.8) is 0 Å². The molecule has 5 nitrogen and oxygen atoms in total. The minimum atomic E-state index is -3.33. The van der Waals surface area contributed by atoms with Gasteiger partial charge in [-0.1, -0.05) is 12.1 Å². The summed E-state index contributed by atoms with van der Waals surface area (Å²) in [6.45, 7) is 5.03. The van der Waals surface area contributed by atoms with Crippen molar-refractivity contribution in [3.8, 4) is 0 Å². The van der Waals surface area contributed by atoms with Gasteiger partial charge < -0.3 is 5.32 Å². The van der Waals surface area contributed by atoms with Gasteiger partial charge in [0.2, 0.25) is 15.9 Å². The van der Waals surface area contributed by atoms with E-state index >= 15 is 0 Å². The fourth-order valence-electron chi connectivity index (χ4n) is 1.49. The van der Waals surface area contributed by atoms with Gasteiger partial charge in [0, 0.05) is 12.7 Å². The Labute approximate surface area is 114 Å². The number of carbonyl (C=O) groups is 1. The number of nitrogens with one attached hydrogen (secondary N) is 2. The van der Waals surface area contributed by atoms with Crippen LogP contribution in [-0.4, -0.2) is 26.6 Å². The van der Waals surface area contributed by atoms with Crippen LogP contribution in [0.3, 0.4) is 0 Å². The van der Waals surface area contributed by atoms with Crippen LogP contribution in [0.1, 0.15) is 32.3 Å². The molecule has 0 bridgehead atoms. The minimum absolute atomic E-state index is 0.0736. The molecule has 0 heterocycles. The minimum Gasteiger partial charge on any atom is -0.359 e. The van der Waals surface area contributed by atoms with Gasteiger partial charge in [0.15, 0.2) is 0 Å². The Balaban J connectivity index is 2.86. The monoisotopic (exact) mass is 284 g/mol. The van der Waals surface area contributed by atoms with Crippen molar-refractivity contribution in [1.82, 2.24) is 5.32 Å². The van der Waals surface area contributed by atoms with E-state index in [0.29, 0.717) is 5.69 Å². The second-order valence-corrected chi connectivity index (χ2v) is 6.89. The van der Waals surface area contributed by atoms with Crippen LogP contribution >= 0.6 is 0 Å². The summed E-state index contributed by atoms with van der Waals surface area (Å²) < 4.78 is 25.9. The van der Waals surface area contributed by atoms with Gasteiger partial charge in [-0.05, 0) is 38.5 Å². The topological polar surface area (TPSA) is 75.3 Å². The van der Waals surface area contributed by atoms with E-state index in [0.717, 1.165) is 5.56 Å². The van der Waals surface area contributed by atoms with Crippen molar-refractivity contribution >= 4 is 21.6 Å². The van der Waals surface area contributed by atoms with E-state index in [9.17, 15) is 13.2 Å². The van der Waals surface area contributed by atoms with E-state index in [2.05, 4.69) is 10.0 Å². The van der Waals surface area contributed by atoms with E-state index in [-0.39, 0.29) is 11.8 Å². The molecule has 1 amide bonds. The van der Waals surface area contributed by atoms with Crippen LogP contribution in [0.15, 0.2) is 24.3 Å². The number of hydrogen-bond acceptors (Lipinski definition) is 3. The molecule has 0 radical (unpaired) electrons. The third-order valence-corrected chi connectivity index (χ3v) is 4.69. The summed E-state index contributed by atoms with van der Waals surface area (Å²) in [6, 6.07) is 6.82. The number of carbonyl (C=O) groups excluding carboxylic acids is 1. The van der Waals surface area contributed by atoms with Gasteiger partial charge in [-0.3, -0.25) is 9.52 Å². The zero-order valence-electron chi connectivity index (χ0n) is 11.6. The van der Waals surface area contributed by atoms with Crippen molar-refractivity contribution in [2.45, 2.75) is 31.9 Å². The Kier molecular flexibility index (Phi) is 4.94. The summed E-state index contributed by atoms with van der Waals surface area (Å²) in [4.78, 5) is 11.5. The molecule has 0 fully saturated rings. The van der Waals surface area contributed by atoms with Crippen molar-refractivity contribution in [1.29, 1.82) is 0 Å². The number of rotatable bonds is 5. The Hall–Kier alpha value is -1.56. The van der Waals surface area contributed by atoms with Gasteiger partial charge in [0.05, 0.1) is 11.2 Å². The molecule has 1 rings (SSSR count). The maximum Gasteiger partial charge on any atom is 0.235 e. The molecule has 0 saturated heterocycles. The maximum absolute atomic E-state index is 11.7. The van der Waals surface area contributed by atoms with Gasteiger partial charge in [-0.25, -0.2) is 8.42 Å². The van der Waals surface area contributed by atoms with Gasteiger partial charge in [-0.15, -0.1) is 0 Å². The normalized spacial score (nSPS) is 13.1. The molecular weight excluding hydrogens is 264 g/mol. The Morgan fingerprint density at radius 1 is 1.11 bits per heavy atom. The SMILES string of the molecule is CNC(=O)C(C)c1ccc(NS(=O)(=O)C(C)C)cc1. The number of anilines is 1. The lowest BCUT2D eigenvalue weighted by molar-refractivity contribution is -0.121. The van der Waals surface area contributed by atoms with Gasteiger partial charge in [-0.2, -0.15) is 0 Å². The van der Waals surface area contributed by atoms with Crippen molar-refractivity contribution in [2.75, 3.05) is 11.8 Å². The quantitative estimate of drug-likeness (QED) is 0.864. The molecule has 0 aliphatic rings. The van der Waals surface area contributed by atoms with Crippen LogP contribution < -0.4 is 10.0 Å².